The number of rotatable bonds is 3. The third-order valence-corrected chi connectivity index (χ3v) is 2.32. The summed E-state index contributed by atoms with van der Waals surface area (Å²) in [4.78, 5) is 3.96. The van der Waals surface area contributed by atoms with Crippen LogP contribution in [0.15, 0.2) is 12.3 Å². The number of halogens is 2. The molecule has 1 rings (SSSR count). The molecule has 2 nitrogen and oxygen atoms in total. The SMILES string of the molecule is C[C@@H](N)CCc1cnc(Cl)cc1Cl. The van der Waals surface area contributed by atoms with Crippen molar-refractivity contribution in [2.75, 3.05) is 0 Å². The lowest BCUT2D eigenvalue weighted by atomic mass is 10.1. The van der Waals surface area contributed by atoms with Gasteiger partial charge in [0.05, 0.1) is 0 Å². The summed E-state index contributed by atoms with van der Waals surface area (Å²) in [6, 6.07) is 1.84. The van der Waals surface area contributed by atoms with E-state index in [2.05, 4.69) is 4.98 Å². The van der Waals surface area contributed by atoms with E-state index < -0.39 is 0 Å². The molecule has 1 atom stereocenters. The Hall–Kier alpha value is -0.310. The maximum absolute atomic E-state index is 5.95. The number of pyridine rings is 1. The Bertz CT molecular complexity index is 287. The molecule has 0 bridgehead atoms. The van der Waals surface area contributed by atoms with Crippen LogP contribution in [0, 0.1) is 0 Å². The molecule has 4 heteroatoms. The van der Waals surface area contributed by atoms with Gasteiger partial charge in [0.2, 0.25) is 0 Å². The number of nitrogens with zero attached hydrogens (tertiary/aromatic N) is 1. The summed E-state index contributed by atoms with van der Waals surface area (Å²) in [5, 5.41) is 1.09. The van der Waals surface area contributed by atoms with Gasteiger partial charge in [-0.05, 0) is 31.4 Å². The van der Waals surface area contributed by atoms with Gasteiger partial charge in [-0.2, -0.15) is 0 Å². The number of hydrogen-bond acceptors (Lipinski definition) is 2. The molecule has 0 aliphatic carbocycles. The van der Waals surface area contributed by atoms with Gasteiger partial charge in [0, 0.05) is 17.3 Å². The number of aromatic nitrogens is 1. The molecule has 13 heavy (non-hydrogen) atoms. The fraction of sp³-hybridized carbons (Fsp3) is 0.444. The van der Waals surface area contributed by atoms with Gasteiger partial charge in [0.25, 0.3) is 0 Å². The van der Waals surface area contributed by atoms with Crippen molar-refractivity contribution in [3.63, 3.8) is 0 Å². The Morgan fingerprint density at radius 1 is 1.54 bits per heavy atom. The van der Waals surface area contributed by atoms with Crippen molar-refractivity contribution in [1.82, 2.24) is 4.98 Å². The van der Waals surface area contributed by atoms with Crippen LogP contribution in [0.4, 0.5) is 0 Å². The Labute approximate surface area is 88.1 Å². The minimum Gasteiger partial charge on any atom is -0.328 e. The van der Waals surface area contributed by atoms with Gasteiger partial charge in [-0.15, -0.1) is 0 Å². The van der Waals surface area contributed by atoms with Crippen molar-refractivity contribution in [2.45, 2.75) is 25.8 Å². The van der Waals surface area contributed by atoms with Crippen molar-refractivity contribution in [2.24, 2.45) is 5.73 Å². The van der Waals surface area contributed by atoms with Gasteiger partial charge >= 0.3 is 0 Å². The smallest absolute Gasteiger partial charge is 0.130 e. The second kappa shape index (κ2) is 4.80. The number of hydrogen-bond donors (Lipinski definition) is 1. The predicted molar refractivity (Wildman–Crippen MR) is 56.2 cm³/mol. The summed E-state index contributed by atoms with van der Waals surface area (Å²) < 4.78 is 0. The van der Waals surface area contributed by atoms with Crippen LogP contribution < -0.4 is 5.73 Å². The molecule has 0 amide bonds. The lowest BCUT2D eigenvalue weighted by Gasteiger charge is -2.06. The quantitative estimate of drug-likeness (QED) is 0.793. The minimum absolute atomic E-state index is 0.187. The normalized spacial score (nSPS) is 12.9. The maximum atomic E-state index is 5.95. The zero-order valence-corrected chi connectivity index (χ0v) is 8.94. The first-order chi connectivity index (χ1) is 6.09. The zero-order valence-electron chi connectivity index (χ0n) is 7.43. The van der Waals surface area contributed by atoms with Crippen LogP contribution in [0.1, 0.15) is 18.9 Å². The Balaban J connectivity index is 2.67. The highest BCUT2D eigenvalue weighted by atomic mass is 35.5. The molecule has 1 heterocycles. The summed E-state index contributed by atoms with van der Waals surface area (Å²) in [6.07, 6.45) is 3.46. The fourth-order valence-corrected chi connectivity index (χ4v) is 1.46. The highest BCUT2D eigenvalue weighted by molar-refractivity contribution is 6.34. The molecule has 0 radical (unpaired) electrons. The Morgan fingerprint density at radius 3 is 2.77 bits per heavy atom. The van der Waals surface area contributed by atoms with E-state index >= 15 is 0 Å². The summed E-state index contributed by atoms with van der Waals surface area (Å²) in [5.41, 5.74) is 6.63. The van der Waals surface area contributed by atoms with Gasteiger partial charge in [0.1, 0.15) is 5.15 Å². The van der Waals surface area contributed by atoms with Crippen LogP contribution in [-0.2, 0) is 6.42 Å². The molecule has 0 saturated carbocycles. The van der Waals surface area contributed by atoms with Gasteiger partial charge in [-0.25, -0.2) is 4.98 Å². The second-order valence-corrected chi connectivity index (χ2v) is 3.91. The van der Waals surface area contributed by atoms with E-state index in [1.54, 1.807) is 12.3 Å². The first-order valence-electron chi connectivity index (χ1n) is 4.15. The average molecular weight is 219 g/mol. The highest BCUT2D eigenvalue weighted by Gasteiger charge is 2.03. The van der Waals surface area contributed by atoms with Crippen molar-refractivity contribution in [1.29, 1.82) is 0 Å². The van der Waals surface area contributed by atoms with Crippen LogP contribution in [-0.4, -0.2) is 11.0 Å². The summed E-state index contributed by atoms with van der Waals surface area (Å²) in [5.74, 6) is 0. The monoisotopic (exact) mass is 218 g/mol. The van der Waals surface area contributed by atoms with E-state index in [1.165, 1.54) is 0 Å². The first kappa shape index (κ1) is 10.8. The third-order valence-electron chi connectivity index (χ3n) is 1.77. The van der Waals surface area contributed by atoms with Crippen LogP contribution in [0.25, 0.3) is 0 Å². The third kappa shape index (κ3) is 3.51. The standard InChI is InChI=1S/C9H12Cl2N2/c1-6(12)2-3-7-5-13-9(11)4-8(7)10/h4-6H,2-3,12H2,1H3/t6-/m1/s1. The summed E-state index contributed by atoms with van der Waals surface area (Å²) >= 11 is 11.6. The van der Waals surface area contributed by atoms with Gasteiger partial charge in [-0.1, -0.05) is 23.2 Å². The predicted octanol–water partition coefficient (Wildman–Crippen LogP) is 2.67. The lowest BCUT2D eigenvalue weighted by Crippen LogP contribution is -2.15. The summed E-state index contributed by atoms with van der Waals surface area (Å²) in [7, 11) is 0. The molecular formula is C9H12Cl2N2. The van der Waals surface area contributed by atoms with E-state index in [4.69, 9.17) is 28.9 Å². The molecule has 0 spiro atoms. The van der Waals surface area contributed by atoms with E-state index in [-0.39, 0.29) is 6.04 Å². The van der Waals surface area contributed by atoms with Gasteiger partial charge in [-0.3, -0.25) is 0 Å². The van der Waals surface area contributed by atoms with Crippen LogP contribution >= 0.6 is 23.2 Å². The Morgan fingerprint density at radius 2 is 2.23 bits per heavy atom. The van der Waals surface area contributed by atoms with Gasteiger partial charge < -0.3 is 5.73 Å². The molecule has 2 N–H and O–H groups in total. The van der Waals surface area contributed by atoms with E-state index in [0.717, 1.165) is 18.4 Å². The van der Waals surface area contributed by atoms with Crippen LogP contribution in [0.3, 0.4) is 0 Å². The van der Waals surface area contributed by atoms with E-state index in [1.807, 2.05) is 6.92 Å². The van der Waals surface area contributed by atoms with Crippen LogP contribution in [0.5, 0.6) is 0 Å². The number of nitrogens with two attached hydrogens (primary N) is 1. The lowest BCUT2D eigenvalue weighted by molar-refractivity contribution is 0.665. The van der Waals surface area contributed by atoms with Gasteiger partial charge in [0.15, 0.2) is 0 Å². The highest BCUT2D eigenvalue weighted by Crippen LogP contribution is 2.19. The summed E-state index contributed by atoms with van der Waals surface area (Å²) in [6.45, 7) is 1.97. The minimum atomic E-state index is 0.187. The molecule has 0 fully saturated rings. The van der Waals surface area contributed by atoms with Crippen molar-refractivity contribution in [3.05, 3.63) is 28.0 Å². The molecule has 72 valence electrons. The van der Waals surface area contributed by atoms with Crippen molar-refractivity contribution in [3.8, 4) is 0 Å². The average Bonchev–Trinajstić information content (AvgIpc) is 2.02. The molecular weight excluding hydrogens is 207 g/mol. The van der Waals surface area contributed by atoms with E-state index in [9.17, 15) is 0 Å². The molecule has 0 saturated heterocycles. The molecule has 0 aromatic carbocycles. The van der Waals surface area contributed by atoms with Crippen LogP contribution in [0.2, 0.25) is 10.2 Å². The molecule has 0 unspecified atom stereocenters. The second-order valence-electron chi connectivity index (χ2n) is 3.11. The topological polar surface area (TPSA) is 38.9 Å². The number of aryl methyl sites for hydroxylation is 1. The Kier molecular flexibility index (Phi) is 3.97. The molecule has 1 aromatic heterocycles. The fourth-order valence-electron chi connectivity index (χ4n) is 1.00. The van der Waals surface area contributed by atoms with E-state index in [0.29, 0.717) is 10.2 Å². The first-order valence-corrected chi connectivity index (χ1v) is 4.90. The molecule has 0 aliphatic heterocycles. The molecule has 0 aliphatic rings. The van der Waals surface area contributed by atoms with Crippen molar-refractivity contribution < 1.29 is 0 Å². The van der Waals surface area contributed by atoms with Crippen molar-refractivity contribution >= 4 is 23.2 Å². The maximum Gasteiger partial charge on any atom is 0.130 e. The largest absolute Gasteiger partial charge is 0.328 e. The molecule has 1 aromatic rings. The zero-order chi connectivity index (χ0) is 9.84.